The summed E-state index contributed by atoms with van der Waals surface area (Å²) in [6.07, 6.45) is 5.95. The summed E-state index contributed by atoms with van der Waals surface area (Å²) < 4.78 is 3.41. The van der Waals surface area contributed by atoms with Gasteiger partial charge in [-0.25, -0.2) is 4.68 Å². The summed E-state index contributed by atoms with van der Waals surface area (Å²) in [6, 6.07) is 6.65. The summed E-state index contributed by atoms with van der Waals surface area (Å²) in [5.41, 5.74) is 2.92. The number of hydrogen-bond acceptors (Lipinski definition) is 6. The molecule has 2 aliphatic heterocycles. The molecule has 1 N–H and O–H groups in total. The first-order valence-electron chi connectivity index (χ1n) is 9.25. The minimum absolute atomic E-state index is 0.195. The van der Waals surface area contributed by atoms with Crippen molar-refractivity contribution < 1.29 is 14.4 Å². The summed E-state index contributed by atoms with van der Waals surface area (Å²) in [5.74, 6) is -0.907. The zero-order valence-electron chi connectivity index (χ0n) is 15.4. The highest BCUT2D eigenvalue weighted by molar-refractivity contribution is 6.05. The molecular weight excluding hydrogens is 374 g/mol. The van der Waals surface area contributed by atoms with Gasteiger partial charge in [0, 0.05) is 30.9 Å². The van der Waals surface area contributed by atoms with Crippen molar-refractivity contribution in [1.29, 1.82) is 0 Å². The van der Waals surface area contributed by atoms with E-state index >= 15 is 0 Å². The van der Waals surface area contributed by atoms with Gasteiger partial charge in [-0.15, -0.1) is 5.10 Å². The van der Waals surface area contributed by atoms with Crippen LogP contribution in [0.3, 0.4) is 0 Å². The number of piperidine rings is 1. The number of amides is 3. The van der Waals surface area contributed by atoms with Crippen molar-refractivity contribution in [3.8, 4) is 5.69 Å². The molecule has 2 aromatic heterocycles. The van der Waals surface area contributed by atoms with E-state index in [4.69, 9.17) is 0 Å². The van der Waals surface area contributed by atoms with Crippen LogP contribution in [0.15, 0.2) is 42.9 Å². The molecule has 10 heteroatoms. The molecule has 3 aromatic rings. The van der Waals surface area contributed by atoms with Gasteiger partial charge >= 0.3 is 0 Å². The highest BCUT2D eigenvalue weighted by Crippen LogP contribution is 2.29. The van der Waals surface area contributed by atoms with Gasteiger partial charge in [-0.1, -0.05) is 5.21 Å². The van der Waals surface area contributed by atoms with Crippen LogP contribution in [0.5, 0.6) is 0 Å². The molecule has 10 nitrogen and oxygen atoms in total. The number of fused-ring (bicyclic) bond motifs is 1. The Morgan fingerprint density at radius 2 is 2.10 bits per heavy atom. The number of nitrogens with zero attached hydrogens (tertiary/aromatic N) is 6. The van der Waals surface area contributed by atoms with E-state index in [9.17, 15) is 14.4 Å². The number of nitrogens with one attached hydrogen (secondary N) is 1. The van der Waals surface area contributed by atoms with Gasteiger partial charge in [0.25, 0.3) is 5.91 Å². The third-order valence-electron chi connectivity index (χ3n) is 5.20. The molecule has 0 saturated carbocycles. The molecule has 146 valence electrons. The second-order valence-corrected chi connectivity index (χ2v) is 7.10. The van der Waals surface area contributed by atoms with Crippen LogP contribution < -0.4 is 5.32 Å². The van der Waals surface area contributed by atoms with E-state index in [2.05, 4.69) is 20.7 Å². The Bertz CT molecular complexity index is 1120. The normalized spacial score (nSPS) is 18.8. The average molecular weight is 391 g/mol. The molecule has 0 aliphatic carbocycles. The first-order valence-corrected chi connectivity index (χ1v) is 9.25. The molecule has 5 rings (SSSR count). The van der Waals surface area contributed by atoms with Gasteiger partial charge in [-0.3, -0.25) is 24.4 Å². The van der Waals surface area contributed by atoms with Crippen LogP contribution in [0, 0.1) is 0 Å². The highest BCUT2D eigenvalue weighted by Gasteiger charge is 2.39. The molecule has 2 aliphatic rings. The van der Waals surface area contributed by atoms with Crippen LogP contribution in [0.1, 0.15) is 34.5 Å². The fourth-order valence-electron chi connectivity index (χ4n) is 3.76. The van der Waals surface area contributed by atoms with Crippen LogP contribution >= 0.6 is 0 Å². The average Bonchev–Trinajstić information content (AvgIpc) is 3.44. The van der Waals surface area contributed by atoms with Crippen molar-refractivity contribution in [2.75, 3.05) is 0 Å². The van der Waals surface area contributed by atoms with Crippen LogP contribution in [-0.4, -0.2) is 53.4 Å². The molecule has 1 unspecified atom stereocenters. The predicted molar refractivity (Wildman–Crippen MR) is 98.7 cm³/mol. The van der Waals surface area contributed by atoms with Gasteiger partial charge in [-0.05, 0) is 36.2 Å². The topological polar surface area (TPSA) is 115 Å². The number of aromatic nitrogens is 5. The zero-order chi connectivity index (χ0) is 20.0. The number of imide groups is 1. The van der Waals surface area contributed by atoms with Crippen LogP contribution in [-0.2, 0) is 22.7 Å². The lowest BCUT2D eigenvalue weighted by Crippen LogP contribution is -2.52. The molecular formula is C19H17N7O3. The Labute approximate surface area is 165 Å². The largest absolute Gasteiger partial charge is 0.322 e. The lowest BCUT2D eigenvalue weighted by molar-refractivity contribution is -0.136. The Hall–Kier alpha value is -3.82. The molecule has 1 atom stereocenters. The fraction of sp³-hybridized carbons (Fsp3) is 0.263. The van der Waals surface area contributed by atoms with E-state index in [1.165, 1.54) is 4.90 Å². The van der Waals surface area contributed by atoms with E-state index in [0.29, 0.717) is 25.1 Å². The van der Waals surface area contributed by atoms with E-state index in [1.54, 1.807) is 27.7 Å². The minimum Gasteiger partial charge on any atom is -0.322 e. The van der Waals surface area contributed by atoms with Crippen molar-refractivity contribution >= 4 is 17.7 Å². The maximum Gasteiger partial charge on any atom is 0.255 e. The third-order valence-corrected chi connectivity index (χ3v) is 5.20. The van der Waals surface area contributed by atoms with Crippen molar-refractivity contribution in [3.05, 3.63) is 59.7 Å². The smallest absolute Gasteiger partial charge is 0.255 e. The Kier molecular flexibility index (Phi) is 3.97. The molecule has 0 bridgehead atoms. The third kappa shape index (κ3) is 3.08. The molecule has 4 heterocycles. The van der Waals surface area contributed by atoms with Crippen molar-refractivity contribution in [3.63, 3.8) is 0 Å². The maximum atomic E-state index is 12.8. The van der Waals surface area contributed by atoms with E-state index < -0.39 is 11.9 Å². The number of carbonyl (C=O) groups is 3. The van der Waals surface area contributed by atoms with E-state index in [0.717, 1.165) is 16.9 Å². The second kappa shape index (κ2) is 6.66. The van der Waals surface area contributed by atoms with Crippen LogP contribution in [0.4, 0.5) is 0 Å². The first-order chi connectivity index (χ1) is 14.1. The van der Waals surface area contributed by atoms with E-state index in [1.807, 2.05) is 24.5 Å². The summed E-state index contributed by atoms with van der Waals surface area (Å²) in [5, 5.41) is 14.8. The summed E-state index contributed by atoms with van der Waals surface area (Å²) in [4.78, 5) is 37.8. The van der Waals surface area contributed by atoms with E-state index in [-0.39, 0.29) is 18.2 Å². The SMILES string of the molecule is O=C1CCC(N2Cc3cc(-n4cc(Cn5cccn5)nn4)ccc3C2=O)C(=O)N1. The molecule has 3 amide bonds. The summed E-state index contributed by atoms with van der Waals surface area (Å²) in [7, 11) is 0. The molecule has 1 fully saturated rings. The van der Waals surface area contributed by atoms with Gasteiger partial charge in [0.1, 0.15) is 11.7 Å². The number of hydrogen-bond donors (Lipinski definition) is 1. The first kappa shape index (κ1) is 17.3. The standard InChI is InChI=1S/C19H17N7O3/c27-17-5-4-16(18(28)21-17)25-9-12-8-14(2-3-15(12)19(25)29)26-11-13(22-23-26)10-24-7-1-6-20-24/h1-3,6-8,11,16H,4-5,9-10H2,(H,21,27,28). The Morgan fingerprint density at radius 1 is 1.21 bits per heavy atom. The quantitative estimate of drug-likeness (QED) is 0.639. The van der Waals surface area contributed by atoms with Crippen molar-refractivity contribution in [2.24, 2.45) is 0 Å². The van der Waals surface area contributed by atoms with Gasteiger partial charge in [0.05, 0.1) is 18.4 Å². The van der Waals surface area contributed by atoms with Gasteiger partial charge in [-0.2, -0.15) is 5.10 Å². The molecule has 29 heavy (non-hydrogen) atoms. The fourth-order valence-corrected chi connectivity index (χ4v) is 3.76. The lowest BCUT2D eigenvalue weighted by Gasteiger charge is -2.29. The lowest BCUT2D eigenvalue weighted by atomic mass is 10.0. The molecule has 0 radical (unpaired) electrons. The Morgan fingerprint density at radius 3 is 2.90 bits per heavy atom. The maximum absolute atomic E-state index is 12.8. The van der Waals surface area contributed by atoms with Gasteiger partial charge in [0.15, 0.2) is 0 Å². The monoisotopic (exact) mass is 391 g/mol. The predicted octanol–water partition coefficient (Wildman–Crippen LogP) is 0.273. The number of carbonyl (C=O) groups excluding carboxylic acids is 3. The molecule has 1 aromatic carbocycles. The second-order valence-electron chi connectivity index (χ2n) is 7.10. The Balaban J connectivity index is 1.37. The minimum atomic E-state index is -0.622. The summed E-state index contributed by atoms with van der Waals surface area (Å²) >= 11 is 0. The van der Waals surface area contributed by atoms with Crippen molar-refractivity contribution in [1.82, 2.24) is 35.0 Å². The number of rotatable bonds is 4. The number of benzene rings is 1. The van der Waals surface area contributed by atoms with Crippen molar-refractivity contribution in [2.45, 2.75) is 32.0 Å². The zero-order valence-corrected chi connectivity index (χ0v) is 15.4. The molecule has 1 saturated heterocycles. The summed E-state index contributed by atoms with van der Waals surface area (Å²) in [6.45, 7) is 0.836. The van der Waals surface area contributed by atoms with Crippen LogP contribution in [0.25, 0.3) is 5.69 Å². The van der Waals surface area contributed by atoms with Gasteiger partial charge in [0.2, 0.25) is 11.8 Å². The van der Waals surface area contributed by atoms with Gasteiger partial charge < -0.3 is 4.90 Å². The molecule has 0 spiro atoms. The highest BCUT2D eigenvalue weighted by atomic mass is 16.2. The van der Waals surface area contributed by atoms with Crippen LogP contribution in [0.2, 0.25) is 0 Å².